The van der Waals surface area contributed by atoms with E-state index in [2.05, 4.69) is 41.7 Å². The van der Waals surface area contributed by atoms with Crippen LogP contribution in [-0.4, -0.2) is 68.5 Å². The smallest absolute Gasteiger partial charge is 0.317 e. The molecule has 11 heteroatoms. The van der Waals surface area contributed by atoms with Gasteiger partial charge in [0.2, 0.25) is 0 Å². The highest BCUT2D eigenvalue weighted by Crippen LogP contribution is 2.33. The van der Waals surface area contributed by atoms with Gasteiger partial charge >= 0.3 is 6.03 Å². The number of pyridine rings is 1. The minimum Gasteiger partial charge on any atom is -0.486 e. The highest BCUT2D eigenvalue weighted by atomic mass is 16.5. The lowest BCUT2D eigenvalue weighted by atomic mass is 10.0. The zero-order chi connectivity index (χ0) is 26.4. The number of carbonyl (C=O) groups excluding carboxylic acids is 1. The van der Waals surface area contributed by atoms with Gasteiger partial charge in [-0.15, -0.1) is 0 Å². The van der Waals surface area contributed by atoms with Crippen molar-refractivity contribution in [1.82, 2.24) is 35.6 Å². The summed E-state index contributed by atoms with van der Waals surface area (Å²) in [6.07, 6.45) is 3.28. The van der Waals surface area contributed by atoms with Crippen molar-refractivity contribution in [3.05, 3.63) is 59.0 Å². The molecule has 2 atom stereocenters. The lowest BCUT2D eigenvalue weighted by Crippen LogP contribution is -2.52. The number of benzene rings is 1. The molecule has 2 amide bonds. The van der Waals surface area contributed by atoms with Gasteiger partial charge in [-0.2, -0.15) is 20.6 Å². The number of rotatable bonds is 5. The number of anilines is 1. The molecule has 0 bridgehead atoms. The van der Waals surface area contributed by atoms with E-state index in [4.69, 9.17) is 4.74 Å². The van der Waals surface area contributed by atoms with Gasteiger partial charge in [0, 0.05) is 48.9 Å². The van der Waals surface area contributed by atoms with Gasteiger partial charge in [0.1, 0.15) is 29.4 Å². The van der Waals surface area contributed by atoms with Crippen LogP contribution in [0.2, 0.25) is 0 Å². The monoisotopic (exact) mass is 509 g/mol. The Morgan fingerprint density at radius 2 is 2.08 bits per heavy atom. The Labute approximate surface area is 219 Å². The first-order valence-electron chi connectivity index (χ1n) is 12.6. The average molecular weight is 510 g/mol. The van der Waals surface area contributed by atoms with Crippen molar-refractivity contribution in [2.24, 2.45) is 0 Å². The number of carbonyl (C=O) groups is 1. The van der Waals surface area contributed by atoms with Crippen LogP contribution < -0.4 is 15.0 Å². The molecular weight excluding hydrogens is 482 g/mol. The Bertz CT molecular complexity index is 1570. The maximum absolute atomic E-state index is 11.9. The number of aromatic amines is 1. The molecule has 0 aliphatic carbocycles. The van der Waals surface area contributed by atoms with E-state index in [1.54, 1.807) is 12.4 Å². The molecule has 38 heavy (non-hydrogen) atoms. The van der Waals surface area contributed by atoms with Crippen molar-refractivity contribution in [2.45, 2.75) is 32.9 Å². The van der Waals surface area contributed by atoms with E-state index >= 15 is 0 Å². The number of piperazine rings is 1. The third-order valence-electron chi connectivity index (χ3n) is 7.32. The Morgan fingerprint density at radius 3 is 2.89 bits per heavy atom. The second kappa shape index (κ2) is 9.30. The van der Waals surface area contributed by atoms with E-state index in [9.17, 15) is 10.1 Å². The second-order valence-electron chi connectivity index (χ2n) is 9.75. The first-order chi connectivity index (χ1) is 18.4. The number of nitrogens with zero attached hydrogens (tertiary/aromatic N) is 7. The number of amides is 2. The number of fused-ring (bicyclic) bond motifs is 2. The van der Waals surface area contributed by atoms with Crippen LogP contribution >= 0.6 is 0 Å². The van der Waals surface area contributed by atoms with E-state index in [0.717, 1.165) is 33.3 Å². The molecule has 3 aromatic heterocycles. The van der Waals surface area contributed by atoms with E-state index in [1.807, 2.05) is 49.9 Å². The molecular formula is C27H27N9O2. The van der Waals surface area contributed by atoms with Gasteiger partial charge in [0.15, 0.2) is 0 Å². The highest BCUT2D eigenvalue weighted by molar-refractivity contribution is 5.94. The summed E-state index contributed by atoms with van der Waals surface area (Å²) in [6, 6.07) is 9.98. The van der Waals surface area contributed by atoms with Crippen molar-refractivity contribution in [1.29, 1.82) is 5.26 Å². The predicted octanol–water partition coefficient (Wildman–Crippen LogP) is 3.26. The van der Waals surface area contributed by atoms with Gasteiger partial charge in [0.25, 0.3) is 0 Å². The van der Waals surface area contributed by atoms with E-state index in [-0.39, 0.29) is 18.2 Å². The van der Waals surface area contributed by atoms with Crippen LogP contribution in [0, 0.1) is 25.2 Å². The fraction of sp³-hybridized carbons (Fsp3) is 0.333. The molecule has 4 aromatic rings. The Balaban J connectivity index is 1.28. The molecule has 2 fully saturated rings. The molecule has 2 aliphatic rings. The van der Waals surface area contributed by atoms with E-state index in [0.29, 0.717) is 49.0 Å². The first kappa shape index (κ1) is 23.7. The molecule has 2 saturated heterocycles. The van der Waals surface area contributed by atoms with Crippen molar-refractivity contribution in [3.8, 4) is 23.1 Å². The summed E-state index contributed by atoms with van der Waals surface area (Å²) in [5.74, 6) is 1.33. The Hall–Kier alpha value is -4.72. The highest BCUT2D eigenvalue weighted by Gasteiger charge is 2.36. The van der Waals surface area contributed by atoms with Crippen LogP contribution in [0.25, 0.3) is 22.2 Å². The maximum Gasteiger partial charge on any atom is 0.317 e. The molecule has 2 aliphatic heterocycles. The number of urea groups is 1. The van der Waals surface area contributed by atoms with Crippen molar-refractivity contribution >= 4 is 22.8 Å². The number of aromatic nitrogens is 5. The molecule has 0 spiro atoms. The van der Waals surface area contributed by atoms with Gasteiger partial charge in [-0.1, -0.05) is 0 Å². The summed E-state index contributed by atoms with van der Waals surface area (Å²) < 4.78 is 6.30. The lowest BCUT2D eigenvalue weighted by Gasteiger charge is -2.37. The maximum atomic E-state index is 11.9. The zero-order valence-electron chi connectivity index (χ0n) is 21.4. The normalized spacial score (nSPS) is 17.7. The quantitative estimate of drug-likeness (QED) is 0.418. The van der Waals surface area contributed by atoms with Crippen LogP contribution in [0.1, 0.15) is 35.4 Å². The number of ether oxygens (including phenoxy) is 1. The van der Waals surface area contributed by atoms with Crippen LogP contribution in [-0.2, 0) is 0 Å². The number of nitrogens with one attached hydrogen (secondary N) is 2. The van der Waals surface area contributed by atoms with Gasteiger partial charge in [0.05, 0.1) is 29.0 Å². The minimum atomic E-state index is -0.213. The first-order valence-corrected chi connectivity index (χ1v) is 12.6. The van der Waals surface area contributed by atoms with Crippen LogP contribution in [0.5, 0.6) is 5.75 Å². The SMILES string of the molecule is Cc1cnnc(C)c1C(C)Oc1ccc2[nH]nc(-c3cnc(N4CCN5C(=O)NCC5C4)c(C#N)c3)c2c1. The number of hydrogen-bond acceptors (Lipinski definition) is 8. The van der Waals surface area contributed by atoms with Crippen molar-refractivity contribution < 1.29 is 9.53 Å². The molecule has 11 nitrogen and oxygen atoms in total. The van der Waals surface area contributed by atoms with Gasteiger partial charge in [-0.05, 0) is 50.6 Å². The summed E-state index contributed by atoms with van der Waals surface area (Å²) in [5.41, 5.74) is 5.66. The van der Waals surface area contributed by atoms with Crippen LogP contribution in [0.3, 0.4) is 0 Å². The van der Waals surface area contributed by atoms with E-state index in [1.165, 1.54) is 0 Å². The number of hydrogen-bond donors (Lipinski definition) is 2. The topological polar surface area (TPSA) is 136 Å². The molecule has 0 saturated carbocycles. The fourth-order valence-electron chi connectivity index (χ4n) is 5.49. The zero-order valence-corrected chi connectivity index (χ0v) is 21.4. The van der Waals surface area contributed by atoms with Crippen molar-refractivity contribution in [2.75, 3.05) is 31.1 Å². The van der Waals surface area contributed by atoms with Gasteiger partial charge < -0.3 is 19.9 Å². The summed E-state index contributed by atoms with van der Waals surface area (Å²) in [5, 5.41) is 29.5. The molecule has 2 unspecified atom stereocenters. The number of nitriles is 1. The average Bonchev–Trinajstić information content (AvgIpc) is 3.51. The molecule has 2 N–H and O–H groups in total. The lowest BCUT2D eigenvalue weighted by molar-refractivity contribution is 0.197. The van der Waals surface area contributed by atoms with Gasteiger partial charge in [-0.25, -0.2) is 9.78 Å². The summed E-state index contributed by atoms with van der Waals surface area (Å²) in [7, 11) is 0. The van der Waals surface area contributed by atoms with Crippen LogP contribution in [0.4, 0.5) is 10.6 Å². The summed E-state index contributed by atoms with van der Waals surface area (Å²) >= 11 is 0. The largest absolute Gasteiger partial charge is 0.486 e. The molecule has 1 aromatic carbocycles. The molecule has 6 rings (SSSR count). The molecule has 0 radical (unpaired) electrons. The third kappa shape index (κ3) is 4.04. The second-order valence-corrected chi connectivity index (χ2v) is 9.75. The Kier molecular flexibility index (Phi) is 5.79. The standard InChI is InChI=1S/C27H27N9O2/c1-15-11-31-32-16(2)24(15)17(3)38-21-4-5-23-22(9-21)25(34-33-23)19-8-18(10-28)26(29-12-19)35-6-7-36-20(14-35)13-30-27(36)37/h4-5,8-9,11-12,17,20H,6-7,13-14H2,1-3H3,(H,30,37)(H,33,34). The summed E-state index contributed by atoms with van der Waals surface area (Å²) in [4.78, 5) is 20.6. The van der Waals surface area contributed by atoms with Gasteiger partial charge in [-0.3, -0.25) is 5.10 Å². The predicted molar refractivity (Wildman–Crippen MR) is 141 cm³/mol. The Morgan fingerprint density at radius 1 is 1.21 bits per heavy atom. The molecule has 192 valence electrons. The van der Waals surface area contributed by atoms with Crippen LogP contribution in [0.15, 0.2) is 36.7 Å². The fourth-order valence-corrected chi connectivity index (χ4v) is 5.49. The third-order valence-corrected chi connectivity index (χ3v) is 7.32. The van der Waals surface area contributed by atoms with E-state index < -0.39 is 0 Å². The minimum absolute atomic E-state index is 0.0238. The number of H-pyrrole nitrogens is 1. The summed E-state index contributed by atoms with van der Waals surface area (Å²) in [6.45, 7) is 8.40. The number of aryl methyl sites for hydroxylation is 2. The molecule has 5 heterocycles. The van der Waals surface area contributed by atoms with Crippen molar-refractivity contribution in [3.63, 3.8) is 0 Å².